The summed E-state index contributed by atoms with van der Waals surface area (Å²) in [5.74, 6) is 0.0831. The van der Waals surface area contributed by atoms with Crippen molar-refractivity contribution in [3.63, 3.8) is 0 Å². The van der Waals surface area contributed by atoms with E-state index in [9.17, 15) is 9.59 Å². The molecule has 0 aliphatic carbocycles. The number of carbonyl (C=O) groups excluding carboxylic acids is 2. The van der Waals surface area contributed by atoms with Gasteiger partial charge in [0.1, 0.15) is 6.54 Å². The lowest BCUT2D eigenvalue weighted by molar-refractivity contribution is -0.131. The Balaban J connectivity index is 1.99. The van der Waals surface area contributed by atoms with Crippen molar-refractivity contribution in [1.29, 1.82) is 0 Å². The second-order valence-electron chi connectivity index (χ2n) is 6.08. The van der Waals surface area contributed by atoms with Crippen LogP contribution in [0.15, 0.2) is 48.5 Å². The Morgan fingerprint density at radius 2 is 1.93 bits per heavy atom. The van der Waals surface area contributed by atoms with Gasteiger partial charge in [-0.05, 0) is 49.8 Å². The minimum atomic E-state index is -0.371. The van der Waals surface area contributed by atoms with Crippen LogP contribution in [0.1, 0.15) is 19.4 Å². The lowest BCUT2D eigenvalue weighted by atomic mass is 10.1. The number of pyridine rings is 1. The number of nitrogens with two attached hydrogens (primary N) is 1. The summed E-state index contributed by atoms with van der Waals surface area (Å²) in [5.41, 5.74) is 7.68. The summed E-state index contributed by atoms with van der Waals surface area (Å²) < 4.78 is 5.80. The van der Waals surface area contributed by atoms with Crippen LogP contribution in [0.5, 0.6) is 5.75 Å². The lowest BCUT2D eigenvalue weighted by Crippen LogP contribution is -2.45. The smallest absolute Gasteiger partial charge is 0.294 e. The number of benzene rings is 1. The third-order valence-corrected chi connectivity index (χ3v) is 4.36. The molecule has 1 aromatic heterocycles. The quantitative estimate of drug-likeness (QED) is 0.648. The van der Waals surface area contributed by atoms with E-state index in [0.29, 0.717) is 30.2 Å². The molecule has 27 heavy (non-hydrogen) atoms. The van der Waals surface area contributed by atoms with Crippen molar-refractivity contribution in [3.05, 3.63) is 54.0 Å². The molecule has 2 heterocycles. The molecular weight excluding hydrogens is 344 g/mol. The van der Waals surface area contributed by atoms with Crippen LogP contribution in [-0.2, 0) is 9.59 Å². The predicted octanol–water partition coefficient (Wildman–Crippen LogP) is 2.30. The Kier molecular flexibility index (Phi) is 5.40. The maximum absolute atomic E-state index is 13.0. The van der Waals surface area contributed by atoms with E-state index in [1.165, 1.54) is 4.90 Å². The second kappa shape index (κ2) is 7.90. The number of likely N-dealkylation sites (N-methyl/N-ethyl adjacent to an activating group) is 1. The van der Waals surface area contributed by atoms with Gasteiger partial charge in [0.15, 0.2) is 11.5 Å². The molecule has 7 nitrogen and oxygen atoms in total. The summed E-state index contributed by atoms with van der Waals surface area (Å²) in [5, 5.41) is 0. The number of ether oxygens (including phenoxy) is 1. The van der Waals surface area contributed by atoms with Crippen LogP contribution < -0.4 is 15.4 Å². The first-order valence-electron chi connectivity index (χ1n) is 8.82. The number of nitrogens with zero attached hydrogens (tertiary/aromatic N) is 3. The molecule has 0 atom stereocenters. The van der Waals surface area contributed by atoms with Crippen molar-refractivity contribution in [2.45, 2.75) is 13.8 Å². The monoisotopic (exact) mass is 366 g/mol. The van der Waals surface area contributed by atoms with Crippen LogP contribution in [0.3, 0.4) is 0 Å². The van der Waals surface area contributed by atoms with Gasteiger partial charge < -0.3 is 15.4 Å². The van der Waals surface area contributed by atoms with Gasteiger partial charge in [-0.15, -0.1) is 0 Å². The van der Waals surface area contributed by atoms with Crippen molar-refractivity contribution in [3.8, 4) is 5.75 Å². The highest BCUT2D eigenvalue weighted by atomic mass is 16.5. The second-order valence-corrected chi connectivity index (χ2v) is 6.08. The van der Waals surface area contributed by atoms with Crippen LogP contribution in [0, 0.1) is 0 Å². The Bertz CT molecular complexity index is 876. The maximum Gasteiger partial charge on any atom is 0.294 e. The highest BCUT2D eigenvalue weighted by molar-refractivity contribution is 6.12. The van der Waals surface area contributed by atoms with E-state index in [-0.39, 0.29) is 24.1 Å². The number of anilines is 2. The molecule has 2 aromatic rings. The number of nitrogen functional groups attached to an aromatic ring is 1. The van der Waals surface area contributed by atoms with Crippen molar-refractivity contribution in [2.75, 3.05) is 30.3 Å². The van der Waals surface area contributed by atoms with Crippen LogP contribution in [0.25, 0.3) is 6.08 Å². The van der Waals surface area contributed by atoms with Crippen LogP contribution in [0.2, 0.25) is 0 Å². The van der Waals surface area contributed by atoms with E-state index < -0.39 is 0 Å². The molecule has 0 unspecified atom stereocenters. The van der Waals surface area contributed by atoms with E-state index >= 15 is 0 Å². The number of amides is 2. The van der Waals surface area contributed by atoms with E-state index in [0.717, 1.165) is 5.56 Å². The number of hydrogen-bond acceptors (Lipinski definition) is 5. The minimum Gasteiger partial charge on any atom is -0.449 e. The first kappa shape index (κ1) is 18.4. The van der Waals surface area contributed by atoms with Gasteiger partial charge in [-0.1, -0.05) is 0 Å². The van der Waals surface area contributed by atoms with E-state index in [1.54, 1.807) is 53.7 Å². The van der Waals surface area contributed by atoms with Crippen LogP contribution in [-0.4, -0.2) is 41.3 Å². The Morgan fingerprint density at radius 1 is 1.22 bits per heavy atom. The molecular formula is C20H22N4O3. The lowest BCUT2D eigenvalue weighted by Gasteiger charge is -2.31. The number of hydrogen-bond donors (Lipinski definition) is 1. The molecule has 0 saturated heterocycles. The van der Waals surface area contributed by atoms with Crippen molar-refractivity contribution in [2.24, 2.45) is 0 Å². The molecule has 0 spiro atoms. The van der Waals surface area contributed by atoms with Crippen LogP contribution >= 0.6 is 0 Å². The third-order valence-electron chi connectivity index (χ3n) is 4.36. The highest BCUT2D eigenvalue weighted by Gasteiger charge is 2.32. The molecule has 0 saturated carbocycles. The van der Waals surface area contributed by atoms with E-state index in [1.807, 2.05) is 13.8 Å². The van der Waals surface area contributed by atoms with Gasteiger partial charge >= 0.3 is 0 Å². The SMILES string of the molecule is CCN(CC)C(=O)CN1C(=O)/C(=C\c2ccncc2)Oc2cc(N)ccc21. The first-order chi connectivity index (χ1) is 13.0. The average Bonchev–Trinajstić information content (AvgIpc) is 2.67. The molecule has 1 aromatic carbocycles. The summed E-state index contributed by atoms with van der Waals surface area (Å²) >= 11 is 0. The fourth-order valence-electron chi connectivity index (χ4n) is 2.91. The van der Waals surface area contributed by atoms with Crippen molar-refractivity contribution >= 4 is 29.3 Å². The fraction of sp³-hybridized carbons (Fsp3) is 0.250. The Labute approximate surface area is 158 Å². The number of rotatable bonds is 5. The maximum atomic E-state index is 13.0. The zero-order valence-corrected chi connectivity index (χ0v) is 15.4. The van der Waals surface area contributed by atoms with Gasteiger partial charge in [0.2, 0.25) is 5.91 Å². The van der Waals surface area contributed by atoms with E-state index in [4.69, 9.17) is 10.5 Å². The number of fused-ring (bicyclic) bond motifs is 1. The van der Waals surface area contributed by atoms with Gasteiger partial charge in [0.25, 0.3) is 5.91 Å². The first-order valence-corrected chi connectivity index (χ1v) is 8.82. The van der Waals surface area contributed by atoms with E-state index in [2.05, 4.69) is 4.98 Å². The molecule has 1 aliphatic heterocycles. The largest absolute Gasteiger partial charge is 0.449 e. The van der Waals surface area contributed by atoms with Gasteiger partial charge in [0, 0.05) is 37.2 Å². The number of carbonyl (C=O) groups is 2. The van der Waals surface area contributed by atoms with Gasteiger partial charge in [-0.2, -0.15) is 0 Å². The zero-order valence-electron chi connectivity index (χ0n) is 15.4. The topological polar surface area (TPSA) is 88.8 Å². The molecule has 1 aliphatic rings. The summed E-state index contributed by atoms with van der Waals surface area (Å²) in [6, 6.07) is 8.56. The van der Waals surface area contributed by atoms with Crippen molar-refractivity contribution < 1.29 is 14.3 Å². The summed E-state index contributed by atoms with van der Waals surface area (Å²) in [4.78, 5) is 32.7. The molecule has 3 rings (SSSR count). The molecule has 0 bridgehead atoms. The number of aromatic nitrogens is 1. The Hall–Kier alpha value is -3.35. The van der Waals surface area contributed by atoms with Crippen LogP contribution in [0.4, 0.5) is 11.4 Å². The zero-order chi connectivity index (χ0) is 19.4. The molecule has 2 N–H and O–H groups in total. The molecule has 140 valence electrons. The molecule has 7 heteroatoms. The summed E-state index contributed by atoms with van der Waals surface area (Å²) in [6.45, 7) is 4.93. The van der Waals surface area contributed by atoms with Crippen molar-refractivity contribution in [1.82, 2.24) is 9.88 Å². The highest BCUT2D eigenvalue weighted by Crippen LogP contribution is 2.37. The Morgan fingerprint density at radius 3 is 2.59 bits per heavy atom. The minimum absolute atomic E-state index is 0.0610. The van der Waals surface area contributed by atoms with Gasteiger partial charge in [0.05, 0.1) is 5.69 Å². The standard InChI is InChI=1S/C20H22N4O3/c1-3-23(4-2)19(25)13-24-16-6-5-15(21)12-17(16)27-18(20(24)26)11-14-7-9-22-10-8-14/h5-12H,3-4,13,21H2,1-2H3/b18-11+. The predicted molar refractivity (Wildman–Crippen MR) is 104 cm³/mol. The molecule has 0 fully saturated rings. The molecule has 0 radical (unpaired) electrons. The molecule has 2 amide bonds. The normalized spacial score (nSPS) is 14.7. The van der Waals surface area contributed by atoms with Gasteiger partial charge in [-0.3, -0.25) is 19.5 Å². The third kappa shape index (κ3) is 3.92. The summed E-state index contributed by atoms with van der Waals surface area (Å²) in [6.07, 6.45) is 4.89. The summed E-state index contributed by atoms with van der Waals surface area (Å²) in [7, 11) is 0. The van der Waals surface area contributed by atoms with Gasteiger partial charge in [-0.25, -0.2) is 0 Å². The fourth-order valence-corrected chi connectivity index (χ4v) is 2.91. The average molecular weight is 366 g/mol.